The van der Waals surface area contributed by atoms with E-state index in [2.05, 4.69) is 20.6 Å². The summed E-state index contributed by atoms with van der Waals surface area (Å²) in [7, 11) is 0. The molecular formula is C16H18N4O2. The average Bonchev–Trinajstić information content (AvgIpc) is 2.99. The molecule has 6 heteroatoms. The normalized spacial score (nSPS) is 15.0. The van der Waals surface area contributed by atoms with Gasteiger partial charge in [0.1, 0.15) is 5.82 Å². The van der Waals surface area contributed by atoms with Gasteiger partial charge in [-0.25, -0.2) is 9.78 Å². The first-order valence-corrected chi connectivity index (χ1v) is 7.47. The number of nitrogens with zero attached hydrogens (tertiary/aromatic N) is 2. The number of carbonyl (C=O) groups excluding carboxylic acids is 2. The molecule has 0 unspecified atom stereocenters. The number of nitrogens with one attached hydrogen (secondary N) is 2. The summed E-state index contributed by atoms with van der Waals surface area (Å²) >= 11 is 0. The molecular weight excluding hydrogens is 280 g/mol. The molecule has 2 aromatic heterocycles. The van der Waals surface area contributed by atoms with E-state index >= 15 is 0 Å². The van der Waals surface area contributed by atoms with E-state index in [4.69, 9.17) is 0 Å². The molecule has 1 fully saturated rings. The molecule has 2 aromatic rings. The fraction of sp³-hybridized carbons (Fsp3) is 0.375. The highest BCUT2D eigenvalue weighted by Crippen LogP contribution is 2.18. The van der Waals surface area contributed by atoms with Crippen LogP contribution in [0.1, 0.15) is 43.0 Å². The number of urea groups is 1. The second-order valence-electron chi connectivity index (χ2n) is 5.59. The Morgan fingerprint density at radius 1 is 1.18 bits per heavy atom. The van der Waals surface area contributed by atoms with Gasteiger partial charge in [-0.1, -0.05) is 12.8 Å². The van der Waals surface area contributed by atoms with E-state index in [0.29, 0.717) is 22.4 Å². The van der Waals surface area contributed by atoms with Crippen molar-refractivity contribution < 1.29 is 9.59 Å². The number of hydrogen-bond acceptors (Lipinski definition) is 4. The molecule has 0 saturated heterocycles. The molecule has 0 aromatic carbocycles. The van der Waals surface area contributed by atoms with Crippen LogP contribution in [0.3, 0.4) is 0 Å². The maximum Gasteiger partial charge on any atom is 0.320 e. The molecule has 2 N–H and O–H groups in total. The first-order valence-electron chi connectivity index (χ1n) is 7.47. The van der Waals surface area contributed by atoms with E-state index in [-0.39, 0.29) is 17.9 Å². The first-order chi connectivity index (χ1) is 10.6. The van der Waals surface area contributed by atoms with E-state index in [0.717, 1.165) is 12.8 Å². The van der Waals surface area contributed by atoms with Crippen molar-refractivity contribution in [3.05, 3.63) is 30.0 Å². The van der Waals surface area contributed by atoms with Crippen molar-refractivity contribution in [1.29, 1.82) is 0 Å². The summed E-state index contributed by atoms with van der Waals surface area (Å²) in [5, 5.41) is 5.68. The molecule has 1 saturated carbocycles. The first kappa shape index (κ1) is 14.4. The van der Waals surface area contributed by atoms with Gasteiger partial charge in [-0.3, -0.25) is 15.1 Å². The molecule has 0 radical (unpaired) electrons. The largest absolute Gasteiger partial charge is 0.335 e. The number of Topliss-reactive ketones (excluding diaryl/α,β-unsaturated/α-hetero) is 1. The monoisotopic (exact) mass is 298 g/mol. The minimum atomic E-state index is -0.241. The van der Waals surface area contributed by atoms with Crippen LogP contribution in [0.5, 0.6) is 0 Å². The van der Waals surface area contributed by atoms with Crippen LogP contribution in [0, 0.1) is 0 Å². The second kappa shape index (κ2) is 6.09. The zero-order valence-electron chi connectivity index (χ0n) is 12.4. The highest BCUT2D eigenvalue weighted by molar-refractivity contribution is 5.97. The number of fused-ring (bicyclic) bond motifs is 1. The van der Waals surface area contributed by atoms with Gasteiger partial charge in [0, 0.05) is 17.8 Å². The van der Waals surface area contributed by atoms with Gasteiger partial charge in [0.15, 0.2) is 5.78 Å². The number of ketones is 1. The third-order valence-electron chi connectivity index (χ3n) is 3.88. The van der Waals surface area contributed by atoms with Crippen LogP contribution in [-0.2, 0) is 0 Å². The molecule has 2 heterocycles. The van der Waals surface area contributed by atoms with E-state index in [1.165, 1.54) is 26.0 Å². The summed E-state index contributed by atoms with van der Waals surface area (Å²) in [5.41, 5.74) is 1.78. The Kier molecular flexibility index (Phi) is 4.00. The number of amides is 2. The molecule has 22 heavy (non-hydrogen) atoms. The fourth-order valence-corrected chi connectivity index (χ4v) is 2.68. The maximum atomic E-state index is 11.9. The Balaban J connectivity index is 1.75. The van der Waals surface area contributed by atoms with E-state index in [1.807, 2.05) is 0 Å². The lowest BCUT2D eigenvalue weighted by Crippen LogP contribution is -2.36. The Morgan fingerprint density at radius 2 is 1.95 bits per heavy atom. The minimum Gasteiger partial charge on any atom is -0.335 e. The number of rotatable bonds is 3. The van der Waals surface area contributed by atoms with Crippen molar-refractivity contribution in [3.63, 3.8) is 0 Å². The molecule has 2 amide bonds. The number of carbonyl (C=O) groups is 2. The summed E-state index contributed by atoms with van der Waals surface area (Å²) < 4.78 is 0. The van der Waals surface area contributed by atoms with Gasteiger partial charge < -0.3 is 5.32 Å². The van der Waals surface area contributed by atoms with E-state index < -0.39 is 0 Å². The number of aromatic nitrogens is 2. The van der Waals surface area contributed by atoms with Crippen LogP contribution in [0.15, 0.2) is 24.4 Å². The fourth-order valence-electron chi connectivity index (χ4n) is 2.68. The molecule has 6 nitrogen and oxygen atoms in total. The van der Waals surface area contributed by atoms with Crippen molar-refractivity contribution in [2.45, 2.75) is 38.6 Å². The van der Waals surface area contributed by atoms with Crippen molar-refractivity contribution in [2.24, 2.45) is 0 Å². The summed E-state index contributed by atoms with van der Waals surface area (Å²) in [6, 6.07) is 5.18. The molecule has 0 bridgehead atoms. The Labute approximate surface area is 128 Å². The van der Waals surface area contributed by atoms with Crippen molar-refractivity contribution in [1.82, 2.24) is 15.3 Å². The van der Waals surface area contributed by atoms with Crippen LogP contribution in [0.25, 0.3) is 11.0 Å². The number of anilines is 1. The van der Waals surface area contributed by atoms with Crippen LogP contribution in [-0.4, -0.2) is 27.8 Å². The van der Waals surface area contributed by atoms with Crippen LogP contribution < -0.4 is 10.6 Å². The summed E-state index contributed by atoms with van der Waals surface area (Å²) in [6.45, 7) is 1.49. The van der Waals surface area contributed by atoms with E-state index in [9.17, 15) is 9.59 Å². The summed E-state index contributed by atoms with van der Waals surface area (Å²) in [4.78, 5) is 31.9. The molecule has 0 atom stereocenters. The average molecular weight is 298 g/mol. The van der Waals surface area contributed by atoms with Gasteiger partial charge in [-0.2, -0.15) is 0 Å². The van der Waals surface area contributed by atoms with Gasteiger partial charge in [-0.15, -0.1) is 0 Å². The molecule has 114 valence electrons. The highest BCUT2D eigenvalue weighted by atomic mass is 16.2. The maximum absolute atomic E-state index is 11.9. The lowest BCUT2D eigenvalue weighted by Gasteiger charge is -2.12. The van der Waals surface area contributed by atoms with Crippen molar-refractivity contribution >= 4 is 28.7 Å². The quantitative estimate of drug-likeness (QED) is 0.853. The van der Waals surface area contributed by atoms with Gasteiger partial charge in [0.25, 0.3) is 0 Å². The predicted octanol–water partition coefficient (Wildman–Crippen LogP) is 2.90. The zero-order chi connectivity index (χ0) is 15.5. The molecule has 0 spiro atoms. The minimum absolute atomic E-state index is 0.0615. The topological polar surface area (TPSA) is 84.0 Å². The summed E-state index contributed by atoms with van der Waals surface area (Å²) in [6.07, 6.45) is 5.93. The molecule has 1 aliphatic carbocycles. The van der Waals surface area contributed by atoms with Crippen molar-refractivity contribution in [2.75, 3.05) is 5.32 Å². The van der Waals surface area contributed by atoms with Gasteiger partial charge >= 0.3 is 6.03 Å². The summed E-state index contributed by atoms with van der Waals surface area (Å²) in [5.74, 6) is 0.388. The third-order valence-corrected chi connectivity index (χ3v) is 3.88. The molecule has 0 aliphatic heterocycles. The van der Waals surface area contributed by atoms with Crippen molar-refractivity contribution in [3.8, 4) is 0 Å². The van der Waals surface area contributed by atoms with Gasteiger partial charge in [0.05, 0.1) is 11.0 Å². The van der Waals surface area contributed by atoms with E-state index in [1.54, 1.807) is 18.2 Å². The standard InChI is InChI=1S/C16H18N4O2/c1-10(21)11-8-14-13(17-9-11)6-7-15(19-14)20-16(22)18-12-4-2-3-5-12/h6-9,12H,2-5H2,1H3,(H2,18,19,20,22). The SMILES string of the molecule is CC(=O)c1cnc2ccc(NC(=O)NC3CCCC3)nc2c1. The lowest BCUT2D eigenvalue weighted by molar-refractivity contribution is 0.101. The number of hydrogen-bond donors (Lipinski definition) is 2. The third kappa shape index (κ3) is 3.21. The lowest BCUT2D eigenvalue weighted by atomic mass is 10.2. The molecule has 1 aliphatic rings. The zero-order valence-corrected chi connectivity index (χ0v) is 12.4. The van der Waals surface area contributed by atoms with Gasteiger partial charge in [0.2, 0.25) is 0 Å². The number of pyridine rings is 2. The second-order valence-corrected chi connectivity index (χ2v) is 5.59. The Bertz CT molecular complexity index is 723. The van der Waals surface area contributed by atoms with Crippen LogP contribution >= 0.6 is 0 Å². The Morgan fingerprint density at radius 3 is 2.68 bits per heavy atom. The predicted molar refractivity (Wildman–Crippen MR) is 84.0 cm³/mol. The smallest absolute Gasteiger partial charge is 0.320 e. The van der Waals surface area contributed by atoms with Gasteiger partial charge in [-0.05, 0) is 38.0 Å². The van der Waals surface area contributed by atoms with Crippen LogP contribution in [0.4, 0.5) is 10.6 Å². The Hall–Kier alpha value is -2.50. The highest BCUT2D eigenvalue weighted by Gasteiger charge is 2.17. The molecule has 3 rings (SSSR count). The van der Waals surface area contributed by atoms with Crippen LogP contribution in [0.2, 0.25) is 0 Å².